The van der Waals surface area contributed by atoms with Crippen molar-refractivity contribution in [2.75, 3.05) is 46.0 Å². The monoisotopic (exact) mass is 532 g/mol. The summed E-state index contributed by atoms with van der Waals surface area (Å²) in [6.07, 6.45) is 5.42. The first kappa shape index (κ1) is 27.4. The molecule has 7 nitrogen and oxygen atoms in total. The zero-order valence-corrected chi connectivity index (χ0v) is 23.5. The summed E-state index contributed by atoms with van der Waals surface area (Å²) in [6, 6.07) is 11.1. The Kier molecular flexibility index (Phi) is 8.68. The highest BCUT2D eigenvalue weighted by Crippen LogP contribution is 2.39. The molecule has 1 aromatic heterocycles. The minimum atomic E-state index is -0.488. The van der Waals surface area contributed by atoms with Gasteiger partial charge in [0.25, 0.3) is 5.91 Å². The van der Waals surface area contributed by atoms with Crippen LogP contribution in [-0.4, -0.2) is 61.7 Å². The van der Waals surface area contributed by atoms with E-state index in [0.717, 1.165) is 74.6 Å². The van der Waals surface area contributed by atoms with Crippen molar-refractivity contribution in [2.45, 2.75) is 58.9 Å². The number of hydrogen-bond donors (Lipinski definition) is 0. The maximum Gasteiger partial charge on any atom is 0.290 e. The number of morpholine rings is 1. The number of amides is 1. The van der Waals surface area contributed by atoms with E-state index in [-0.39, 0.29) is 17.1 Å². The van der Waals surface area contributed by atoms with E-state index in [0.29, 0.717) is 29.7 Å². The molecule has 7 heteroatoms. The molecule has 3 aromatic rings. The fourth-order valence-electron chi connectivity index (χ4n) is 5.61. The van der Waals surface area contributed by atoms with Crippen LogP contribution in [0, 0.1) is 13.8 Å². The highest BCUT2D eigenvalue weighted by molar-refractivity contribution is 5.99. The lowest BCUT2D eigenvalue weighted by atomic mass is 9.97. The van der Waals surface area contributed by atoms with E-state index in [4.69, 9.17) is 13.9 Å². The Morgan fingerprint density at radius 3 is 2.41 bits per heavy atom. The zero-order valence-electron chi connectivity index (χ0n) is 23.5. The standard InChI is InChI=1S/C32H40N2O5/c1-4-5-6-7-17-38-25-11-9-24(10-12-25)29-28-30(35)26-20-22(2)23(3)21-27(26)39-31(28)32(36)34(29)14-8-13-33-15-18-37-19-16-33/h9-12,20-21,29H,4-8,13-19H2,1-3H3. The lowest BCUT2D eigenvalue weighted by molar-refractivity contribution is 0.0353. The van der Waals surface area contributed by atoms with E-state index in [1.165, 1.54) is 12.8 Å². The average molecular weight is 533 g/mol. The summed E-state index contributed by atoms with van der Waals surface area (Å²) in [5.74, 6) is 0.754. The molecular formula is C32H40N2O5. The Labute approximate surface area is 230 Å². The van der Waals surface area contributed by atoms with Gasteiger partial charge in [0.1, 0.15) is 11.3 Å². The van der Waals surface area contributed by atoms with Crippen molar-refractivity contribution in [1.82, 2.24) is 9.80 Å². The van der Waals surface area contributed by atoms with E-state index < -0.39 is 6.04 Å². The van der Waals surface area contributed by atoms with Crippen molar-refractivity contribution in [3.63, 3.8) is 0 Å². The third-order valence-electron chi connectivity index (χ3n) is 8.02. The molecule has 2 aliphatic heterocycles. The van der Waals surface area contributed by atoms with E-state index in [1.54, 1.807) is 0 Å². The molecule has 1 amide bonds. The Morgan fingerprint density at radius 1 is 0.923 bits per heavy atom. The molecule has 1 fully saturated rings. The minimum absolute atomic E-state index is 0.125. The second kappa shape index (κ2) is 12.3. The first-order chi connectivity index (χ1) is 19.0. The van der Waals surface area contributed by atoms with Crippen LogP contribution in [0.3, 0.4) is 0 Å². The van der Waals surface area contributed by atoms with Crippen LogP contribution in [0.5, 0.6) is 5.75 Å². The topological polar surface area (TPSA) is 72.2 Å². The lowest BCUT2D eigenvalue weighted by Crippen LogP contribution is -2.38. The van der Waals surface area contributed by atoms with Gasteiger partial charge in [0.15, 0.2) is 5.43 Å². The Hall–Kier alpha value is -3.16. The summed E-state index contributed by atoms with van der Waals surface area (Å²) < 4.78 is 17.6. The predicted molar refractivity (Wildman–Crippen MR) is 153 cm³/mol. The second-order valence-electron chi connectivity index (χ2n) is 10.8. The van der Waals surface area contributed by atoms with Gasteiger partial charge in [0.05, 0.1) is 36.8 Å². The molecule has 0 bridgehead atoms. The molecule has 1 atom stereocenters. The summed E-state index contributed by atoms with van der Waals surface area (Å²) in [5, 5.41) is 0.525. The van der Waals surface area contributed by atoms with Gasteiger partial charge in [-0.05, 0) is 67.6 Å². The zero-order chi connectivity index (χ0) is 27.4. The maximum atomic E-state index is 13.9. The number of nitrogens with zero attached hydrogens (tertiary/aromatic N) is 2. The summed E-state index contributed by atoms with van der Waals surface area (Å²) in [7, 11) is 0. The summed E-state index contributed by atoms with van der Waals surface area (Å²) in [5.41, 5.74) is 3.73. The number of hydrogen-bond acceptors (Lipinski definition) is 6. The molecular weight excluding hydrogens is 492 g/mol. The SMILES string of the molecule is CCCCCCOc1ccc(C2c3c(oc4cc(C)c(C)cc4c3=O)C(=O)N2CCCN2CCOCC2)cc1. The van der Waals surface area contributed by atoms with Gasteiger partial charge in [-0.25, -0.2) is 0 Å². The van der Waals surface area contributed by atoms with Gasteiger partial charge >= 0.3 is 0 Å². The minimum Gasteiger partial charge on any atom is -0.494 e. The first-order valence-corrected chi connectivity index (χ1v) is 14.4. The molecule has 1 unspecified atom stereocenters. The van der Waals surface area contributed by atoms with Gasteiger partial charge in [-0.2, -0.15) is 0 Å². The second-order valence-corrected chi connectivity index (χ2v) is 10.8. The Bertz CT molecular complexity index is 1360. The van der Waals surface area contributed by atoms with Crippen LogP contribution < -0.4 is 10.2 Å². The van der Waals surface area contributed by atoms with Crippen LogP contribution in [0.2, 0.25) is 0 Å². The van der Waals surface area contributed by atoms with E-state index >= 15 is 0 Å². The van der Waals surface area contributed by atoms with Crippen molar-refractivity contribution in [3.8, 4) is 5.75 Å². The van der Waals surface area contributed by atoms with Gasteiger partial charge in [-0.1, -0.05) is 38.3 Å². The Morgan fingerprint density at radius 2 is 1.67 bits per heavy atom. The Balaban J connectivity index is 1.44. The lowest BCUT2D eigenvalue weighted by Gasteiger charge is -2.29. The molecule has 1 saturated heterocycles. The largest absolute Gasteiger partial charge is 0.494 e. The number of benzene rings is 2. The van der Waals surface area contributed by atoms with Crippen LogP contribution in [-0.2, 0) is 4.74 Å². The van der Waals surface area contributed by atoms with Crippen molar-refractivity contribution >= 4 is 16.9 Å². The number of fused-ring (bicyclic) bond motifs is 2. The van der Waals surface area contributed by atoms with E-state index in [1.807, 2.05) is 55.1 Å². The molecule has 0 spiro atoms. The first-order valence-electron chi connectivity index (χ1n) is 14.4. The summed E-state index contributed by atoms with van der Waals surface area (Å²) in [4.78, 5) is 31.8. The van der Waals surface area contributed by atoms with Gasteiger partial charge in [0, 0.05) is 26.2 Å². The molecule has 208 valence electrons. The van der Waals surface area contributed by atoms with Crippen LogP contribution >= 0.6 is 0 Å². The van der Waals surface area contributed by atoms with Crippen molar-refractivity contribution in [1.29, 1.82) is 0 Å². The number of aryl methyl sites for hydroxylation is 2. The summed E-state index contributed by atoms with van der Waals surface area (Å²) >= 11 is 0. The molecule has 3 heterocycles. The van der Waals surface area contributed by atoms with Crippen LogP contribution in [0.25, 0.3) is 11.0 Å². The average Bonchev–Trinajstić information content (AvgIpc) is 3.22. The third kappa shape index (κ3) is 5.89. The van der Waals surface area contributed by atoms with Gasteiger partial charge in [-0.3, -0.25) is 14.5 Å². The molecule has 0 radical (unpaired) electrons. The number of carbonyl (C=O) groups is 1. The van der Waals surface area contributed by atoms with Crippen molar-refractivity contribution < 1.29 is 18.7 Å². The van der Waals surface area contributed by atoms with Gasteiger partial charge in [0.2, 0.25) is 5.76 Å². The number of rotatable bonds is 11. The van der Waals surface area contributed by atoms with Gasteiger partial charge < -0.3 is 18.8 Å². The molecule has 0 aliphatic carbocycles. The number of carbonyl (C=O) groups excluding carboxylic acids is 1. The normalized spacial score (nSPS) is 17.7. The smallest absolute Gasteiger partial charge is 0.290 e. The molecule has 39 heavy (non-hydrogen) atoms. The third-order valence-corrected chi connectivity index (χ3v) is 8.02. The molecule has 2 aromatic carbocycles. The fraction of sp³-hybridized carbons (Fsp3) is 0.500. The maximum absolute atomic E-state index is 13.9. The molecule has 0 N–H and O–H groups in total. The molecule has 0 saturated carbocycles. The van der Waals surface area contributed by atoms with E-state index in [2.05, 4.69) is 11.8 Å². The molecule has 2 aliphatic rings. The number of unbranched alkanes of at least 4 members (excludes halogenated alkanes) is 3. The van der Waals surface area contributed by atoms with Crippen LogP contribution in [0.4, 0.5) is 0 Å². The van der Waals surface area contributed by atoms with Crippen molar-refractivity contribution in [3.05, 3.63) is 74.6 Å². The van der Waals surface area contributed by atoms with Crippen LogP contribution in [0.15, 0.2) is 45.6 Å². The molecule has 5 rings (SSSR count). The highest BCUT2D eigenvalue weighted by Gasteiger charge is 2.42. The van der Waals surface area contributed by atoms with Crippen molar-refractivity contribution in [2.24, 2.45) is 0 Å². The van der Waals surface area contributed by atoms with E-state index in [9.17, 15) is 9.59 Å². The predicted octanol–water partition coefficient (Wildman–Crippen LogP) is 5.64. The fourth-order valence-corrected chi connectivity index (χ4v) is 5.61. The highest BCUT2D eigenvalue weighted by atomic mass is 16.5. The van der Waals surface area contributed by atoms with Gasteiger partial charge in [-0.15, -0.1) is 0 Å². The summed E-state index contributed by atoms with van der Waals surface area (Å²) in [6.45, 7) is 11.6. The quantitative estimate of drug-likeness (QED) is 0.298. The van der Waals surface area contributed by atoms with Crippen LogP contribution in [0.1, 0.15) is 77.9 Å². The number of ether oxygens (including phenoxy) is 2.